The third-order valence-electron chi connectivity index (χ3n) is 4.92. The summed E-state index contributed by atoms with van der Waals surface area (Å²) in [5.41, 5.74) is 2.36. The van der Waals surface area contributed by atoms with E-state index in [0.717, 1.165) is 10.2 Å². The Bertz CT molecular complexity index is 1340. The van der Waals surface area contributed by atoms with Gasteiger partial charge in [0.1, 0.15) is 12.3 Å². The third kappa shape index (κ3) is 4.50. The second kappa shape index (κ2) is 8.84. The van der Waals surface area contributed by atoms with Crippen molar-refractivity contribution in [2.75, 3.05) is 5.32 Å². The van der Waals surface area contributed by atoms with E-state index in [-0.39, 0.29) is 18.1 Å². The number of hydrogen-bond acceptors (Lipinski definition) is 5. The van der Waals surface area contributed by atoms with Crippen molar-refractivity contribution in [3.05, 3.63) is 81.5 Å². The van der Waals surface area contributed by atoms with E-state index in [1.807, 2.05) is 37.3 Å². The molecular formula is C23H22ClN5O3. The summed E-state index contributed by atoms with van der Waals surface area (Å²) < 4.78 is 8.20. The maximum atomic E-state index is 12.7. The molecule has 0 aliphatic rings. The van der Waals surface area contributed by atoms with Crippen LogP contribution in [0.2, 0.25) is 5.02 Å². The van der Waals surface area contributed by atoms with Gasteiger partial charge in [0.15, 0.2) is 0 Å². The van der Waals surface area contributed by atoms with E-state index < -0.39 is 11.6 Å². The molecule has 0 unspecified atom stereocenters. The molecule has 1 N–H and O–H groups in total. The van der Waals surface area contributed by atoms with Crippen LogP contribution < -0.4 is 15.7 Å². The first-order valence-electron chi connectivity index (χ1n) is 10.1. The lowest BCUT2D eigenvalue weighted by Crippen LogP contribution is -2.28. The Kier molecular flexibility index (Phi) is 5.96. The third-order valence-corrected chi connectivity index (χ3v) is 5.24. The summed E-state index contributed by atoms with van der Waals surface area (Å²) in [6.45, 7) is 5.84. The number of amides is 1. The lowest BCUT2D eigenvalue weighted by molar-refractivity contribution is -0.117. The molecule has 0 saturated heterocycles. The molecule has 4 rings (SSSR count). The fourth-order valence-electron chi connectivity index (χ4n) is 3.18. The van der Waals surface area contributed by atoms with Gasteiger partial charge in [-0.05, 0) is 48.2 Å². The monoisotopic (exact) mass is 451 g/mol. The van der Waals surface area contributed by atoms with Crippen molar-refractivity contribution < 1.29 is 9.53 Å². The first-order valence-corrected chi connectivity index (χ1v) is 10.5. The van der Waals surface area contributed by atoms with Crippen molar-refractivity contribution in [3.8, 4) is 11.6 Å². The summed E-state index contributed by atoms with van der Waals surface area (Å²) in [5.74, 6) is 0.716. The highest BCUT2D eigenvalue weighted by atomic mass is 35.5. The summed E-state index contributed by atoms with van der Waals surface area (Å²) in [6.07, 6.45) is 2.93. The molecule has 0 atom stereocenters. The molecule has 2 aromatic heterocycles. The number of carbonyl (C=O) groups is 1. The van der Waals surface area contributed by atoms with Gasteiger partial charge in [-0.3, -0.25) is 4.79 Å². The predicted molar refractivity (Wildman–Crippen MR) is 123 cm³/mol. The van der Waals surface area contributed by atoms with E-state index in [4.69, 9.17) is 16.3 Å². The van der Waals surface area contributed by atoms with Gasteiger partial charge in [-0.25, -0.2) is 18.9 Å². The molecule has 0 radical (unpaired) electrons. The molecule has 0 fully saturated rings. The number of aromatic nitrogens is 4. The van der Waals surface area contributed by atoms with Gasteiger partial charge in [-0.15, -0.1) is 5.10 Å². The van der Waals surface area contributed by atoms with Crippen molar-refractivity contribution in [2.24, 2.45) is 0 Å². The van der Waals surface area contributed by atoms with Gasteiger partial charge in [0.2, 0.25) is 11.6 Å². The van der Waals surface area contributed by atoms with Gasteiger partial charge >= 0.3 is 5.69 Å². The summed E-state index contributed by atoms with van der Waals surface area (Å²) in [5, 5.41) is 7.38. The zero-order valence-corrected chi connectivity index (χ0v) is 18.6. The van der Waals surface area contributed by atoms with Crippen molar-refractivity contribution in [1.82, 2.24) is 19.2 Å². The molecule has 2 aromatic carbocycles. The average molecular weight is 452 g/mol. The number of hydrogen-bond donors (Lipinski definition) is 1. The molecule has 0 aliphatic carbocycles. The van der Waals surface area contributed by atoms with E-state index in [1.54, 1.807) is 12.1 Å². The molecule has 0 aliphatic heterocycles. The molecular weight excluding hydrogens is 430 g/mol. The molecule has 8 nitrogen and oxygen atoms in total. The van der Waals surface area contributed by atoms with Gasteiger partial charge in [-0.2, -0.15) is 0 Å². The van der Waals surface area contributed by atoms with Crippen LogP contribution in [0.5, 0.6) is 11.6 Å². The van der Waals surface area contributed by atoms with Crippen LogP contribution in [0, 0.1) is 6.92 Å². The molecule has 0 bridgehead atoms. The molecule has 164 valence electrons. The second-order valence-electron chi connectivity index (χ2n) is 7.72. The fourth-order valence-corrected chi connectivity index (χ4v) is 3.46. The van der Waals surface area contributed by atoms with E-state index in [2.05, 4.69) is 29.2 Å². The fraction of sp³-hybridized carbons (Fsp3) is 0.217. The topological polar surface area (TPSA) is 90.5 Å². The molecule has 32 heavy (non-hydrogen) atoms. The Labute approximate surface area is 189 Å². The Morgan fingerprint density at radius 3 is 2.62 bits per heavy atom. The maximum Gasteiger partial charge on any atom is 0.351 e. The van der Waals surface area contributed by atoms with Crippen LogP contribution >= 0.6 is 11.6 Å². The van der Waals surface area contributed by atoms with E-state index in [1.165, 1.54) is 22.4 Å². The molecule has 9 heteroatoms. The minimum absolute atomic E-state index is 0.169. The number of rotatable bonds is 6. The number of benzene rings is 2. The maximum absolute atomic E-state index is 12.7. The Morgan fingerprint density at radius 1 is 1.19 bits per heavy atom. The number of fused-ring (bicyclic) bond motifs is 1. The number of aryl methyl sites for hydroxylation is 1. The molecule has 1 amide bonds. The predicted octanol–water partition coefficient (Wildman–Crippen LogP) is 4.41. The lowest BCUT2D eigenvalue weighted by Gasteiger charge is -2.08. The number of nitrogens with one attached hydrogen (secondary N) is 1. The van der Waals surface area contributed by atoms with Crippen LogP contribution in [-0.4, -0.2) is 25.1 Å². The van der Waals surface area contributed by atoms with Gasteiger partial charge in [0, 0.05) is 12.4 Å². The van der Waals surface area contributed by atoms with Gasteiger partial charge in [0.25, 0.3) is 5.88 Å². The largest absolute Gasteiger partial charge is 0.436 e. The highest BCUT2D eigenvalue weighted by molar-refractivity contribution is 6.33. The summed E-state index contributed by atoms with van der Waals surface area (Å²) >= 11 is 6.17. The Hall–Kier alpha value is -3.65. The number of halogens is 1. The molecule has 0 spiro atoms. The normalized spacial score (nSPS) is 11.2. The SMILES string of the molecule is Cc1ccc(NC(=O)Cn2nc3c(Oc4ccc(C(C)C)cc4)nccn3c2=O)c(Cl)c1. The van der Waals surface area contributed by atoms with Crippen LogP contribution in [-0.2, 0) is 11.3 Å². The van der Waals surface area contributed by atoms with Crippen molar-refractivity contribution in [3.63, 3.8) is 0 Å². The zero-order valence-electron chi connectivity index (χ0n) is 17.9. The Balaban J connectivity index is 1.57. The minimum atomic E-state index is -0.479. The quantitative estimate of drug-likeness (QED) is 0.469. The van der Waals surface area contributed by atoms with Gasteiger partial charge in [0.05, 0.1) is 10.7 Å². The molecule has 2 heterocycles. The zero-order chi connectivity index (χ0) is 22.8. The number of anilines is 1. The summed E-state index contributed by atoms with van der Waals surface area (Å²) in [7, 11) is 0. The summed E-state index contributed by atoms with van der Waals surface area (Å²) in [6, 6.07) is 12.9. The van der Waals surface area contributed by atoms with E-state index >= 15 is 0 Å². The minimum Gasteiger partial charge on any atom is -0.436 e. The van der Waals surface area contributed by atoms with Crippen molar-refractivity contribution >= 4 is 28.8 Å². The second-order valence-corrected chi connectivity index (χ2v) is 8.13. The van der Waals surface area contributed by atoms with Crippen LogP contribution in [0.3, 0.4) is 0 Å². The van der Waals surface area contributed by atoms with Crippen LogP contribution in [0.1, 0.15) is 30.9 Å². The van der Waals surface area contributed by atoms with Gasteiger partial charge < -0.3 is 10.1 Å². The smallest absolute Gasteiger partial charge is 0.351 e. The first kappa shape index (κ1) is 21.6. The van der Waals surface area contributed by atoms with Crippen LogP contribution in [0.25, 0.3) is 5.65 Å². The number of carbonyl (C=O) groups excluding carboxylic acids is 1. The average Bonchev–Trinajstić information content (AvgIpc) is 3.07. The summed E-state index contributed by atoms with van der Waals surface area (Å²) in [4.78, 5) is 29.4. The lowest BCUT2D eigenvalue weighted by atomic mass is 10.0. The molecule has 0 saturated carbocycles. The first-order chi connectivity index (χ1) is 15.3. The van der Waals surface area contributed by atoms with Crippen molar-refractivity contribution in [1.29, 1.82) is 0 Å². The highest BCUT2D eigenvalue weighted by Crippen LogP contribution is 2.25. The van der Waals surface area contributed by atoms with Crippen molar-refractivity contribution in [2.45, 2.75) is 33.2 Å². The standard InChI is InChI=1S/C23H22ClN5O3/c1-14(2)16-5-7-17(8-6-16)32-22-21-27-29(23(31)28(21)11-10-25-22)13-20(30)26-19-9-4-15(3)12-18(19)24/h4-12,14H,13H2,1-3H3,(H,26,30). The van der Waals surface area contributed by atoms with E-state index in [9.17, 15) is 9.59 Å². The Morgan fingerprint density at radius 2 is 1.94 bits per heavy atom. The number of nitrogens with zero attached hydrogens (tertiary/aromatic N) is 4. The van der Waals surface area contributed by atoms with Gasteiger partial charge in [-0.1, -0.05) is 43.6 Å². The highest BCUT2D eigenvalue weighted by Gasteiger charge is 2.16. The molecule has 4 aromatic rings. The van der Waals surface area contributed by atoms with Crippen LogP contribution in [0.15, 0.2) is 59.7 Å². The van der Waals surface area contributed by atoms with Crippen LogP contribution in [0.4, 0.5) is 5.69 Å². The van der Waals surface area contributed by atoms with E-state index in [0.29, 0.717) is 22.4 Å². The number of ether oxygens (including phenoxy) is 1.